The number of esters is 2. The van der Waals surface area contributed by atoms with Crippen LogP contribution >= 0.6 is 0 Å². The van der Waals surface area contributed by atoms with Crippen molar-refractivity contribution in [3.05, 3.63) is 36.5 Å². The molecule has 0 aliphatic carbocycles. The van der Waals surface area contributed by atoms with Crippen molar-refractivity contribution in [2.75, 3.05) is 13.2 Å². The van der Waals surface area contributed by atoms with E-state index < -0.39 is 6.10 Å². The first-order valence-corrected chi connectivity index (χ1v) is 18.2. The normalized spacial score (nSPS) is 17.2. The smallest absolute Gasteiger partial charge is 0.305 e. The maximum Gasteiger partial charge on any atom is 0.305 e. The van der Waals surface area contributed by atoms with Gasteiger partial charge in [0.15, 0.2) is 0 Å². The molecule has 1 heterocycles. The van der Waals surface area contributed by atoms with Gasteiger partial charge in [0.2, 0.25) is 0 Å². The monoisotopic (exact) mass is 618 g/mol. The second kappa shape index (κ2) is 29.8. The molecule has 1 fully saturated rings. The molecule has 0 aromatic carbocycles. The van der Waals surface area contributed by atoms with Gasteiger partial charge in [0.25, 0.3) is 0 Å². The Morgan fingerprint density at radius 2 is 1.02 bits per heavy atom. The highest BCUT2D eigenvalue weighted by Gasteiger charge is 2.35. The summed E-state index contributed by atoms with van der Waals surface area (Å²) in [7, 11) is 0. The average molecular weight is 619 g/mol. The largest absolute Gasteiger partial charge is 0.463 e. The van der Waals surface area contributed by atoms with Gasteiger partial charge in [0.05, 0.1) is 12.2 Å². The van der Waals surface area contributed by atoms with Crippen molar-refractivity contribution in [2.24, 2.45) is 0 Å². The van der Waals surface area contributed by atoms with Crippen LogP contribution < -0.4 is 0 Å². The summed E-state index contributed by atoms with van der Waals surface area (Å²) >= 11 is 0. The third-order valence-corrected chi connectivity index (χ3v) is 8.03. The number of aliphatic hydroxyl groups excluding tert-OH is 1. The van der Waals surface area contributed by atoms with Gasteiger partial charge in [-0.15, -0.1) is 0 Å². The van der Waals surface area contributed by atoms with Crippen molar-refractivity contribution >= 4 is 11.9 Å². The van der Waals surface area contributed by atoms with Gasteiger partial charge in [-0.1, -0.05) is 134 Å². The number of hydrogen-bond acceptors (Lipinski definition) is 6. The summed E-state index contributed by atoms with van der Waals surface area (Å²) in [6.07, 6.45) is 37.9. The Bertz CT molecular complexity index is 773. The quantitative estimate of drug-likeness (QED) is 0.0360. The van der Waals surface area contributed by atoms with Crippen molar-refractivity contribution in [3.63, 3.8) is 0 Å². The van der Waals surface area contributed by atoms with Gasteiger partial charge in [-0.2, -0.15) is 0 Å². The van der Waals surface area contributed by atoms with E-state index in [0.717, 1.165) is 44.9 Å². The zero-order chi connectivity index (χ0) is 31.9. The number of rotatable bonds is 31. The second-order valence-electron chi connectivity index (χ2n) is 12.4. The number of epoxide rings is 1. The summed E-state index contributed by atoms with van der Waals surface area (Å²) < 4.78 is 16.0. The molecule has 6 heteroatoms. The minimum atomic E-state index is -0.988. The van der Waals surface area contributed by atoms with E-state index in [-0.39, 0.29) is 25.2 Å². The maximum absolute atomic E-state index is 11.9. The van der Waals surface area contributed by atoms with Gasteiger partial charge >= 0.3 is 11.9 Å². The predicted molar refractivity (Wildman–Crippen MR) is 182 cm³/mol. The Labute approximate surface area is 270 Å². The number of hydrogen-bond donors (Lipinski definition) is 1. The molecule has 0 saturated carbocycles. The van der Waals surface area contributed by atoms with Gasteiger partial charge in [-0.25, -0.2) is 0 Å². The molecule has 2 unspecified atom stereocenters. The van der Waals surface area contributed by atoms with E-state index >= 15 is 0 Å². The molecule has 0 aromatic rings. The van der Waals surface area contributed by atoms with E-state index in [4.69, 9.17) is 14.2 Å². The number of ether oxygens (including phenoxy) is 3. The van der Waals surface area contributed by atoms with Gasteiger partial charge in [0.1, 0.15) is 19.3 Å². The Balaban J connectivity index is 1.89. The topological polar surface area (TPSA) is 85.4 Å². The minimum absolute atomic E-state index is 0.136. The molecular weight excluding hydrogens is 552 g/mol. The van der Waals surface area contributed by atoms with Crippen molar-refractivity contribution in [1.29, 1.82) is 0 Å². The Morgan fingerprint density at radius 3 is 1.61 bits per heavy atom. The zero-order valence-electron chi connectivity index (χ0n) is 28.4. The van der Waals surface area contributed by atoms with Crippen LogP contribution in [0.2, 0.25) is 0 Å². The molecule has 1 N–H and O–H groups in total. The molecule has 0 spiro atoms. The molecule has 0 amide bonds. The Morgan fingerprint density at radius 1 is 0.591 bits per heavy atom. The minimum Gasteiger partial charge on any atom is -0.463 e. The fourth-order valence-electron chi connectivity index (χ4n) is 5.12. The Kier molecular flexibility index (Phi) is 27.1. The molecule has 1 aliphatic heterocycles. The molecule has 1 aliphatic rings. The summed E-state index contributed by atoms with van der Waals surface area (Å²) in [5.74, 6) is -0.636. The van der Waals surface area contributed by atoms with Crippen LogP contribution in [0.4, 0.5) is 0 Å². The molecule has 1 rings (SSSR count). The van der Waals surface area contributed by atoms with E-state index in [0.29, 0.717) is 31.5 Å². The average Bonchev–Trinajstić information content (AvgIpc) is 3.78. The van der Waals surface area contributed by atoms with Crippen molar-refractivity contribution in [3.8, 4) is 0 Å². The van der Waals surface area contributed by atoms with Crippen LogP contribution in [0.15, 0.2) is 36.5 Å². The molecule has 254 valence electrons. The first kappa shape index (κ1) is 40.1. The first-order valence-electron chi connectivity index (χ1n) is 18.2. The lowest BCUT2D eigenvalue weighted by Crippen LogP contribution is -2.25. The van der Waals surface area contributed by atoms with E-state index in [1.807, 2.05) is 0 Å². The van der Waals surface area contributed by atoms with Crippen molar-refractivity contribution in [2.45, 2.75) is 180 Å². The predicted octanol–water partition coefficient (Wildman–Crippen LogP) is 9.88. The van der Waals surface area contributed by atoms with Crippen LogP contribution in [-0.4, -0.2) is 48.6 Å². The molecule has 6 nitrogen and oxygen atoms in total. The van der Waals surface area contributed by atoms with Crippen LogP contribution in [0, 0.1) is 0 Å². The van der Waals surface area contributed by atoms with Crippen LogP contribution in [0.5, 0.6) is 0 Å². The highest BCUT2D eigenvalue weighted by molar-refractivity contribution is 5.69. The third-order valence-electron chi connectivity index (χ3n) is 8.03. The van der Waals surface area contributed by atoms with Crippen LogP contribution in [0.25, 0.3) is 0 Å². The maximum atomic E-state index is 11.9. The summed E-state index contributed by atoms with van der Waals surface area (Å²) in [5, 5.41) is 9.98. The van der Waals surface area contributed by atoms with Gasteiger partial charge in [-0.05, 0) is 51.4 Å². The molecule has 3 atom stereocenters. The fraction of sp³-hybridized carbons (Fsp3) is 0.789. The number of carbonyl (C=O) groups is 2. The number of unbranched alkanes of at least 4 members (excludes halogenated alkanes) is 15. The van der Waals surface area contributed by atoms with Crippen molar-refractivity contribution in [1.82, 2.24) is 0 Å². The van der Waals surface area contributed by atoms with Crippen LogP contribution in [0.3, 0.4) is 0 Å². The van der Waals surface area contributed by atoms with Gasteiger partial charge in [-0.3, -0.25) is 9.59 Å². The zero-order valence-corrected chi connectivity index (χ0v) is 28.4. The highest BCUT2D eigenvalue weighted by atomic mass is 16.6. The summed E-state index contributed by atoms with van der Waals surface area (Å²) in [6.45, 7) is 4.20. The first-order chi connectivity index (χ1) is 21.6. The number of carbonyl (C=O) groups excluding carboxylic acids is 2. The fourth-order valence-corrected chi connectivity index (χ4v) is 5.12. The molecule has 0 bridgehead atoms. The lowest BCUT2D eigenvalue weighted by Gasteiger charge is -2.12. The lowest BCUT2D eigenvalue weighted by atomic mass is 10.0. The summed E-state index contributed by atoms with van der Waals surface area (Å²) in [5.41, 5.74) is 0. The van der Waals surface area contributed by atoms with E-state index in [2.05, 4.69) is 50.3 Å². The van der Waals surface area contributed by atoms with E-state index in [1.54, 1.807) is 0 Å². The molecule has 44 heavy (non-hydrogen) atoms. The summed E-state index contributed by atoms with van der Waals surface area (Å²) in [6, 6.07) is 0. The molecule has 0 radical (unpaired) electrons. The summed E-state index contributed by atoms with van der Waals surface area (Å²) in [4.78, 5) is 23.9. The van der Waals surface area contributed by atoms with Crippen LogP contribution in [0.1, 0.15) is 162 Å². The highest BCUT2D eigenvalue weighted by Crippen LogP contribution is 2.29. The van der Waals surface area contributed by atoms with E-state index in [9.17, 15) is 14.7 Å². The van der Waals surface area contributed by atoms with Gasteiger partial charge < -0.3 is 19.3 Å². The third kappa shape index (κ3) is 26.5. The number of aliphatic hydroxyl groups is 1. The van der Waals surface area contributed by atoms with E-state index in [1.165, 1.54) is 83.5 Å². The standard InChI is InChI=1S/C38H66O6/c1-3-5-7-9-11-13-14-15-17-19-21-26-30-37(40)42-32-34(39)33-43-38(41)31-27-23-22-25-29-36-35(44-36)28-24-20-18-16-12-10-8-6-4-2/h12,16,20,22,24-25,34-36,39H,3-11,13-15,17-19,21,23,26-33H2,1-2H3/b16-12-,24-20-,25-22-/t34-,35?,36?/m0/s1. The lowest BCUT2D eigenvalue weighted by molar-refractivity contribution is -0.152. The SMILES string of the molecule is CCCCC/C=C\C/C=C\CC1OC1C/C=C\CCCC(=O)OC[C@@H](O)COC(=O)CCCCCCCCCCCCCC. The Hall–Kier alpha value is -1.92. The molecule has 0 aromatic heterocycles. The van der Waals surface area contributed by atoms with Crippen molar-refractivity contribution < 1.29 is 28.9 Å². The second-order valence-corrected chi connectivity index (χ2v) is 12.4. The molecule has 1 saturated heterocycles. The number of allylic oxidation sites excluding steroid dienone is 4. The van der Waals surface area contributed by atoms with Crippen LogP contribution in [-0.2, 0) is 23.8 Å². The molecular formula is C38H66O6. The van der Waals surface area contributed by atoms with Gasteiger partial charge in [0, 0.05) is 12.8 Å².